The van der Waals surface area contributed by atoms with E-state index in [2.05, 4.69) is 10.1 Å². The van der Waals surface area contributed by atoms with Crippen LogP contribution in [0.5, 0.6) is 0 Å². The van der Waals surface area contributed by atoms with Crippen LogP contribution in [0.4, 0.5) is 4.79 Å². The molecule has 0 spiro atoms. The van der Waals surface area contributed by atoms with Gasteiger partial charge in [0.15, 0.2) is 6.73 Å². The first-order chi connectivity index (χ1) is 13.9. The lowest BCUT2D eigenvalue weighted by Gasteiger charge is -2.31. The highest BCUT2D eigenvalue weighted by Crippen LogP contribution is 2.15. The predicted octanol–water partition coefficient (Wildman–Crippen LogP) is 0.842. The van der Waals surface area contributed by atoms with Crippen molar-refractivity contribution in [3.8, 4) is 0 Å². The second-order valence-corrected chi connectivity index (χ2v) is 7.42. The molecule has 3 atom stereocenters. The van der Waals surface area contributed by atoms with Gasteiger partial charge in [0.25, 0.3) is 0 Å². The Morgan fingerprint density at radius 1 is 0.967 bits per heavy atom. The molecular formula is C19H34N2O9. The molecule has 0 heterocycles. The minimum atomic E-state index is -1.12. The summed E-state index contributed by atoms with van der Waals surface area (Å²) in [5.41, 5.74) is -0.492. The average Bonchev–Trinajstić information content (AvgIpc) is 2.66. The Morgan fingerprint density at radius 3 is 1.97 bits per heavy atom. The van der Waals surface area contributed by atoms with E-state index in [4.69, 9.17) is 18.9 Å². The Kier molecular flexibility index (Phi) is 12.0. The molecule has 174 valence electrons. The first kappa shape index (κ1) is 27.6. The van der Waals surface area contributed by atoms with Gasteiger partial charge in [-0.3, -0.25) is 14.5 Å². The minimum Gasteiger partial charge on any atom is -0.468 e. The fourth-order valence-electron chi connectivity index (χ4n) is 2.65. The molecule has 0 aliphatic rings. The maximum Gasteiger partial charge on any atom is 0.412 e. The van der Waals surface area contributed by atoms with E-state index in [1.807, 2.05) is 20.8 Å². The molecular weight excluding hydrogens is 400 g/mol. The molecule has 0 radical (unpaired) electrons. The van der Waals surface area contributed by atoms with Gasteiger partial charge in [0, 0.05) is 6.92 Å². The molecule has 0 aliphatic carbocycles. The molecule has 0 aromatic heterocycles. The number of carbonyl (C=O) groups excluding carboxylic acids is 4. The number of rotatable bonds is 11. The van der Waals surface area contributed by atoms with Gasteiger partial charge < -0.3 is 29.0 Å². The van der Waals surface area contributed by atoms with Crippen molar-refractivity contribution in [3.05, 3.63) is 0 Å². The Bertz CT molecular complexity index is 589. The lowest BCUT2D eigenvalue weighted by molar-refractivity contribution is -0.155. The highest BCUT2D eigenvalue weighted by atomic mass is 16.6. The first-order valence-corrected chi connectivity index (χ1v) is 9.42. The van der Waals surface area contributed by atoms with Crippen LogP contribution in [-0.4, -0.2) is 87.3 Å². The summed E-state index contributed by atoms with van der Waals surface area (Å²) in [6.07, 6.45) is -1.37. The Balaban J connectivity index is 5.35. The molecule has 11 nitrogen and oxygen atoms in total. The van der Waals surface area contributed by atoms with E-state index in [0.717, 1.165) is 12.0 Å². The molecule has 0 saturated heterocycles. The Labute approximate surface area is 177 Å². The Hall–Kier alpha value is -2.40. The molecule has 1 N–H and O–H groups in total. The van der Waals surface area contributed by atoms with Gasteiger partial charge in [0.2, 0.25) is 0 Å². The van der Waals surface area contributed by atoms with Gasteiger partial charge in [0.1, 0.15) is 12.1 Å². The topological polar surface area (TPSA) is 130 Å². The first-order valence-electron chi connectivity index (χ1n) is 9.42. The summed E-state index contributed by atoms with van der Waals surface area (Å²) < 4.78 is 24.9. The largest absolute Gasteiger partial charge is 0.468 e. The molecule has 0 aromatic rings. The van der Waals surface area contributed by atoms with Crippen LogP contribution >= 0.6 is 0 Å². The van der Waals surface area contributed by atoms with Gasteiger partial charge in [-0.2, -0.15) is 0 Å². The molecule has 0 rings (SSSR count). The second kappa shape index (κ2) is 13.0. The van der Waals surface area contributed by atoms with E-state index in [-0.39, 0.29) is 13.0 Å². The highest BCUT2D eigenvalue weighted by Gasteiger charge is 2.34. The molecule has 11 heteroatoms. The van der Waals surface area contributed by atoms with Crippen LogP contribution in [-0.2, 0) is 38.1 Å². The molecule has 0 aliphatic heterocycles. The zero-order valence-electron chi connectivity index (χ0n) is 19.0. The van der Waals surface area contributed by atoms with Crippen molar-refractivity contribution in [3.63, 3.8) is 0 Å². The van der Waals surface area contributed by atoms with Crippen molar-refractivity contribution in [1.82, 2.24) is 10.2 Å². The van der Waals surface area contributed by atoms with Crippen LogP contribution in [0.3, 0.4) is 0 Å². The molecule has 0 unspecified atom stereocenters. The average molecular weight is 434 g/mol. The third-order valence-electron chi connectivity index (χ3n) is 3.91. The van der Waals surface area contributed by atoms with E-state index in [0.29, 0.717) is 0 Å². The number of carbonyl (C=O) groups is 4. The van der Waals surface area contributed by atoms with Crippen molar-refractivity contribution in [2.24, 2.45) is 0 Å². The maximum atomic E-state index is 12.2. The fraction of sp³-hybridized carbons (Fsp3) is 0.789. The van der Waals surface area contributed by atoms with E-state index in [9.17, 15) is 19.2 Å². The van der Waals surface area contributed by atoms with Gasteiger partial charge in [-0.1, -0.05) is 0 Å². The van der Waals surface area contributed by atoms with Crippen molar-refractivity contribution in [2.75, 3.05) is 34.6 Å². The Morgan fingerprint density at radius 2 is 1.53 bits per heavy atom. The lowest BCUT2D eigenvalue weighted by Crippen LogP contribution is -2.52. The van der Waals surface area contributed by atoms with Crippen molar-refractivity contribution < 1.29 is 42.9 Å². The van der Waals surface area contributed by atoms with Gasteiger partial charge in [-0.25, -0.2) is 9.59 Å². The van der Waals surface area contributed by atoms with Gasteiger partial charge in [-0.05, 0) is 40.7 Å². The molecule has 0 bridgehead atoms. The number of amides is 1. The van der Waals surface area contributed by atoms with Gasteiger partial charge >= 0.3 is 24.0 Å². The zero-order chi connectivity index (χ0) is 23.5. The number of methoxy groups -OCH3 is 3. The van der Waals surface area contributed by atoms with Crippen molar-refractivity contribution in [2.45, 2.75) is 64.8 Å². The van der Waals surface area contributed by atoms with Crippen LogP contribution in [0.1, 0.15) is 41.0 Å². The van der Waals surface area contributed by atoms with Crippen LogP contribution in [0.25, 0.3) is 0 Å². The summed E-state index contributed by atoms with van der Waals surface area (Å²) in [4.78, 5) is 48.6. The predicted molar refractivity (Wildman–Crippen MR) is 105 cm³/mol. The van der Waals surface area contributed by atoms with Crippen LogP contribution in [0.15, 0.2) is 0 Å². The van der Waals surface area contributed by atoms with Gasteiger partial charge in [0.05, 0.1) is 33.0 Å². The van der Waals surface area contributed by atoms with Crippen molar-refractivity contribution >= 4 is 24.0 Å². The SMILES string of the molecule is COC(=O)[C@@H](NCC[C@@H](C(=O)OC)N(COC(C)=O)C(=O)OC)[C@@H](C)OC(C)(C)C. The molecule has 30 heavy (non-hydrogen) atoms. The zero-order valence-corrected chi connectivity index (χ0v) is 19.0. The number of nitrogens with one attached hydrogen (secondary N) is 1. The number of esters is 3. The smallest absolute Gasteiger partial charge is 0.412 e. The third-order valence-corrected chi connectivity index (χ3v) is 3.91. The van der Waals surface area contributed by atoms with E-state index in [1.54, 1.807) is 6.92 Å². The summed E-state index contributed by atoms with van der Waals surface area (Å²) >= 11 is 0. The molecule has 0 aromatic carbocycles. The number of nitrogens with zero attached hydrogens (tertiary/aromatic N) is 1. The fourth-order valence-corrected chi connectivity index (χ4v) is 2.65. The molecule has 0 saturated carbocycles. The number of hydrogen-bond donors (Lipinski definition) is 1. The van der Waals surface area contributed by atoms with E-state index >= 15 is 0 Å². The van der Waals surface area contributed by atoms with Crippen LogP contribution in [0, 0.1) is 0 Å². The summed E-state index contributed by atoms with van der Waals surface area (Å²) in [6.45, 7) is 8.08. The standard InChI is InChI=1S/C19H34N2O9/c1-12(30-19(3,4)5)15(17(24)27-7)20-10-9-14(16(23)26-6)21(18(25)28-8)11-29-13(2)22/h12,14-15,20H,9-11H2,1-8H3/t12-,14+,15+/m1/s1. The summed E-state index contributed by atoms with van der Waals surface area (Å²) in [5, 5.41) is 2.99. The lowest BCUT2D eigenvalue weighted by atomic mass is 10.1. The van der Waals surface area contributed by atoms with Crippen LogP contribution in [0.2, 0.25) is 0 Å². The monoisotopic (exact) mass is 434 g/mol. The maximum absolute atomic E-state index is 12.2. The number of ether oxygens (including phenoxy) is 5. The van der Waals surface area contributed by atoms with Crippen molar-refractivity contribution in [1.29, 1.82) is 0 Å². The van der Waals surface area contributed by atoms with E-state index in [1.165, 1.54) is 21.1 Å². The van der Waals surface area contributed by atoms with E-state index < -0.39 is 54.5 Å². The van der Waals surface area contributed by atoms with Gasteiger partial charge in [-0.15, -0.1) is 0 Å². The molecule has 1 amide bonds. The van der Waals surface area contributed by atoms with Crippen LogP contribution < -0.4 is 5.32 Å². The summed E-state index contributed by atoms with van der Waals surface area (Å²) in [7, 11) is 3.56. The normalized spacial score (nSPS) is 14.1. The second-order valence-electron chi connectivity index (χ2n) is 7.42. The minimum absolute atomic E-state index is 0.0404. The summed E-state index contributed by atoms with van der Waals surface area (Å²) in [5.74, 6) is -1.90. The highest BCUT2D eigenvalue weighted by molar-refractivity contribution is 5.81. The third kappa shape index (κ3) is 9.88. The number of hydrogen-bond acceptors (Lipinski definition) is 10. The quantitative estimate of drug-likeness (QED) is 0.284. The summed E-state index contributed by atoms with van der Waals surface area (Å²) in [6, 6.07) is -1.93. The molecule has 0 fully saturated rings.